The second-order valence-electron chi connectivity index (χ2n) is 2.82. The zero-order chi connectivity index (χ0) is 11.7. The molecule has 86 valence electrons. The van der Waals surface area contributed by atoms with Gasteiger partial charge in [0.25, 0.3) is 0 Å². The van der Waals surface area contributed by atoms with E-state index in [4.69, 9.17) is 0 Å². The second-order valence-corrected chi connectivity index (χ2v) is 3.84. The summed E-state index contributed by atoms with van der Waals surface area (Å²) in [5.74, 6) is -0.521. The van der Waals surface area contributed by atoms with E-state index in [1.54, 1.807) is 13.0 Å². The van der Waals surface area contributed by atoms with E-state index in [0.717, 1.165) is 0 Å². The zero-order valence-electron chi connectivity index (χ0n) is 8.52. The van der Waals surface area contributed by atoms with Gasteiger partial charge < -0.3 is 9.87 Å². The molecule has 0 aliphatic heterocycles. The van der Waals surface area contributed by atoms with Crippen LogP contribution >= 0.6 is 0 Å². The van der Waals surface area contributed by atoms with Crippen molar-refractivity contribution in [2.75, 3.05) is 12.3 Å². The van der Waals surface area contributed by atoms with E-state index in [0.29, 0.717) is 0 Å². The van der Waals surface area contributed by atoms with Gasteiger partial charge in [-0.15, -0.1) is 0 Å². The van der Waals surface area contributed by atoms with Gasteiger partial charge in [-0.1, -0.05) is 17.2 Å². The number of nitrogens with one attached hydrogen (secondary N) is 1. The van der Waals surface area contributed by atoms with Crippen molar-refractivity contribution >= 4 is 22.8 Å². The van der Waals surface area contributed by atoms with E-state index < -0.39 is 11.1 Å². The monoisotopic (exact) mass is 232 g/mol. The molecule has 0 bridgehead atoms. The van der Waals surface area contributed by atoms with E-state index in [1.807, 2.05) is 0 Å². The lowest BCUT2D eigenvalue weighted by Crippen LogP contribution is -2.27. The minimum absolute atomic E-state index is 0.0900. The normalized spacial score (nSPS) is 12.7. The summed E-state index contributed by atoms with van der Waals surface area (Å²) in [6.07, 6.45) is 3.26. The van der Waals surface area contributed by atoms with Crippen LogP contribution in [0, 0.1) is 0 Å². The fourth-order valence-electron chi connectivity index (χ4n) is 0.868. The van der Waals surface area contributed by atoms with E-state index in [2.05, 4.69) is 5.32 Å². The molecule has 1 amide bonds. The van der Waals surface area contributed by atoms with Crippen LogP contribution in [0.25, 0.3) is 0 Å². The highest BCUT2D eigenvalue weighted by Crippen LogP contribution is 1.92. The Balaban J connectivity index is 3.57. The molecule has 5 nitrogen and oxygen atoms in total. The Bertz CT molecular complexity index is 275. The Morgan fingerprint density at radius 2 is 2.07 bits per heavy atom. The average molecular weight is 232 g/mol. The van der Waals surface area contributed by atoms with E-state index in [9.17, 15) is 18.4 Å². The van der Waals surface area contributed by atoms with Gasteiger partial charge in [-0.05, 0) is 13.0 Å². The molecule has 1 atom stereocenters. The summed E-state index contributed by atoms with van der Waals surface area (Å²) in [6, 6.07) is 0. The van der Waals surface area contributed by atoms with E-state index in [-0.39, 0.29) is 36.8 Å². The first kappa shape index (κ1) is 14.0. The molecule has 0 saturated heterocycles. The van der Waals surface area contributed by atoms with Gasteiger partial charge in [-0.25, -0.2) is 0 Å². The maximum absolute atomic E-state index is 11.0. The molecule has 1 N–H and O–H groups in total. The number of hydrogen-bond donors (Lipinski definition) is 1. The van der Waals surface area contributed by atoms with Crippen LogP contribution < -0.4 is 5.32 Å². The van der Waals surface area contributed by atoms with E-state index in [1.165, 1.54) is 6.08 Å². The predicted octanol–water partition coefficient (Wildman–Crippen LogP) is -0.0929. The number of carbonyl (C=O) groups is 2. The second kappa shape index (κ2) is 8.31. The lowest BCUT2D eigenvalue weighted by molar-refractivity contribution is -0.123. The molecular formula is C9H14NO4S-. The molecule has 0 rings (SSSR count). The maximum atomic E-state index is 11.0. The molecule has 0 spiro atoms. The molecule has 0 heterocycles. The highest BCUT2D eigenvalue weighted by Gasteiger charge is 2.03. The summed E-state index contributed by atoms with van der Waals surface area (Å²) in [5, 5.41) is 2.40. The number of hydrogen-bond acceptors (Lipinski definition) is 4. The SMILES string of the molecule is C/C=C/C(=O)CCC(=O)NCCS(=O)[O-]. The number of carbonyl (C=O) groups excluding carboxylic acids is 2. The molecule has 0 saturated carbocycles. The van der Waals surface area contributed by atoms with Crippen molar-refractivity contribution < 1.29 is 18.4 Å². The third-order valence-corrected chi connectivity index (χ3v) is 2.08. The van der Waals surface area contributed by atoms with Crippen LogP contribution in [0.1, 0.15) is 19.8 Å². The van der Waals surface area contributed by atoms with Gasteiger partial charge in [0.15, 0.2) is 5.78 Å². The highest BCUT2D eigenvalue weighted by atomic mass is 32.2. The Kier molecular flexibility index (Phi) is 7.75. The molecule has 0 radical (unpaired) electrons. The largest absolute Gasteiger partial charge is 0.772 e. The first-order chi connectivity index (χ1) is 7.06. The Morgan fingerprint density at radius 3 is 2.60 bits per heavy atom. The van der Waals surface area contributed by atoms with Crippen LogP contribution in [-0.2, 0) is 20.7 Å². The van der Waals surface area contributed by atoms with Crippen LogP contribution in [0.3, 0.4) is 0 Å². The minimum atomic E-state index is -2.14. The van der Waals surface area contributed by atoms with Gasteiger partial charge in [0, 0.05) is 25.1 Å². The molecule has 0 aromatic heterocycles. The molecule has 0 aliphatic rings. The van der Waals surface area contributed by atoms with Crippen LogP contribution in [0.4, 0.5) is 0 Å². The third kappa shape index (κ3) is 9.30. The zero-order valence-corrected chi connectivity index (χ0v) is 9.34. The molecule has 15 heavy (non-hydrogen) atoms. The molecule has 6 heteroatoms. The van der Waals surface area contributed by atoms with Crippen LogP contribution in [0.2, 0.25) is 0 Å². The van der Waals surface area contributed by atoms with Gasteiger partial charge in [0.1, 0.15) is 0 Å². The van der Waals surface area contributed by atoms with Crippen LogP contribution in [0.15, 0.2) is 12.2 Å². The molecule has 1 unspecified atom stereocenters. The smallest absolute Gasteiger partial charge is 0.220 e. The van der Waals surface area contributed by atoms with Gasteiger partial charge >= 0.3 is 0 Å². The fourth-order valence-corrected chi connectivity index (χ4v) is 1.14. The molecular weight excluding hydrogens is 218 g/mol. The predicted molar refractivity (Wildman–Crippen MR) is 55.9 cm³/mol. The highest BCUT2D eigenvalue weighted by molar-refractivity contribution is 7.79. The Hall–Kier alpha value is -1.01. The van der Waals surface area contributed by atoms with Gasteiger partial charge in [-0.3, -0.25) is 13.8 Å². The molecule has 0 aromatic carbocycles. The summed E-state index contributed by atoms with van der Waals surface area (Å²) in [5.41, 5.74) is 0. The Morgan fingerprint density at radius 1 is 1.40 bits per heavy atom. The number of allylic oxidation sites excluding steroid dienone is 2. The number of rotatable bonds is 7. The van der Waals surface area contributed by atoms with Crippen molar-refractivity contribution in [3.63, 3.8) is 0 Å². The molecule has 0 aliphatic carbocycles. The summed E-state index contributed by atoms with van der Waals surface area (Å²) < 4.78 is 20.2. The third-order valence-electron chi connectivity index (χ3n) is 1.54. The topological polar surface area (TPSA) is 86.3 Å². The van der Waals surface area contributed by atoms with Crippen molar-refractivity contribution in [3.05, 3.63) is 12.2 Å². The quantitative estimate of drug-likeness (QED) is 0.491. The lowest BCUT2D eigenvalue weighted by Gasteiger charge is -2.06. The van der Waals surface area contributed by atoms with Crippen molar-refractivity contribution in [1.82, 2.24) is 5.32 Å². The van der Waals surface area contributed by atoms with Crippen LogP contribution in [0.5, 0.6) is 0 Å². The summed E-state index contributed by atoms with van der Waals surface area (Å²) >= 11 is -2.14. The summed E-state index contributed by atoms with van der Waals surface area (Å²) in [7, 11) is 0. The standard InChI is InChI=1S/C9H15NO4S/c1-2-3-8(11)4-5-9(12)10-6-7-15(13)14/h2-3H,4-7H2,1H3,(H,10,12)(H,13,14)/p-1/b3-2+. The molecule has 0 fully saturated rings. The van der Waals surface area contributed by atoms with Crippen molar-refractivity contribution in [1.29, 1.82) is 0 Å². The summed E-state index contributed by atoms with van der Waals surface area (Å²) in [6.45, 7) is 1.81. The maximum Gasteiger partial charge on any atom is 0.220 e. The van der Waals surface area contributed by atoms with E-state index >= 15 is 0 Å². The summed E-state index contributed by atoms with van der Waals surface area (Å²) in [4.78, 5) is 22.0. The molecule has 0 aromatic rings. The van der Waals surface area contributed by atoms with Gasteiger partial charge in [-0.2, -0.15) is 0 Å². The first-order valence-electron chi connectivity index (χ1n) is 4.54. The van der Waals surface area contributed by atoms with Gasteiger partial charge in [0.05, 0.1) is 0 Å². The van der Waals surface area contributed by atoms with Crippen molar-refractivity contribution in [2.24, 2.45) is 0 Å². The Labute approximate surface area is 91.2 Å². The lowest BCUT2D eigenvalue weighted by atomic mass is 10.2. The van der Waals surface area contributed by atoms with Gasteiger partial charge in [0.2, 0.25) is 5.91 Å². The number of amides is 1. The van der Waals surface area contributed by atoms with Crippen molar-refractivity contribution in [2.45, 2.75) is 19.8 Å². The fraction of sp³-hybridized carbons (Fsp3) is 0.556. The minimum Gasteiger partial charge on any atom is -0.772 e. The number of ketones is 1. The average Bonchev–Trinajstić information content (AvgIpc) is 2.14. The van der Waals surface area contributed by atoms with Crippen molar-refractivity contribution in [3.8, 4) is 0 Å². The van der Waals surface area contributed by atoms with Crippen LogP contribution in [-0.4, -0.2) is 32.7 Å². The first-order valence-corrected chi connectivity index (χ1v) is 5.78.